The second kappa shape index (κ2) is 4.38. The van der Waals surface area contributed by atoms with E-state index in [0.717, 1.165) is 0 Å². The largest absolute Gasteiger partial charge is 0.465 e. The highest BCUT2D eigenvalue weighted by atomic mass is 19.1. The summed E-state index contributed by atoms with van der Waals surface area (Å²) in [6, 6.07) is 6.20. The summed E-state index contributed by atoms with van der Waals surface area (Å²) in [5.74, 6) is -0.628. The Kier molecular flexibility index (Phi) is 3.19. The fraction of sp³-hybridized carbons (Fsp3) is 0.200. The van der Waals surface area contributed by atoms with E-state index in [1.807, 2.05) is 0 Å². The highest BCUT2D eigenvalue weighted by Gasteiger charge is 2.14. The second-order valence-electron chi connectivity index (χ2n) is 2.58. The lowest BCUT2D eigenvalue weighted by Crippen LogP contribution is -2.05. The molecule has 0 atom stereocenters. The first kappa shape index (κ1) is 10.2. The van der Waals surface area contributed by atoms with E-state index in [1.54, 1.807) is 6.07 Å². The van der Waals surface area contributed by atoms with E-state index >= 15 is 0 Å². The van der Waals surface area contributed by atoms with Gasteiger partial charge in [0.05, 0.1) is 18.2 Å². The summed E-state index contributed by atoms with van der Waals surface area (Å²) in [6.07, 6.45) is 0. The quantitative estimate of drug-likeness (QED) is 0.673. The molecule has 0 bridgehead atoms. The molecule has 0 aliphatic heterocycles. The number of hydrogen-bond donors (Lipinski definition) is 0. The van der Waals surface area contributed by atoms with Crippen molar-refractivity contribution < 1.29 is 13.9 Å². The molecule has 1 rings (SSSR count). The number of halogens is 1. The van der Waals surface area contributed by atoms with Crippen LogP contribution in [0.1, 0.15) is 21.5 Å². The van der Waals surface area contributed by atoms with E-state index in [9.17, 15) is 9.18 Å². The summed E-state index contributed by atoms with van der Waals surface area (Å²) < 4.78 is 16.9. The van der Waals surface area contributed by atoms with Crippen molar-refractivity contribution in [2.75, 3.05) is 7.11 Å². The lowest BCUT2D eigenvalue weighted by atomic mass is 10.0. The number of nitriles is 1. The minimum Gasteiger partial charge on any atom is -0.465 e. The second-order valence-corrected chi connectivity index (χ2v) is 2.58. The van der Waals surface area contributed by atoms with Gasteiger partial charge in [0.15, 0.2) is 0 Å². The Labute approximate surface area is 80.7 Å². The zero-order valence-corrected chi connectivity index (χ0v) is 7.58. The van der Waals surface area contributed by atoms with E-state index in [0.29, 0.717) is 0 Å². The molecule has 0 heterocycles. The van der Waals surface area contributed by atoms with Crippen LogP contribution in [-0.4, -0.2) is 13.1 Å². The van der Waals surface area contributed by atoms with Crippen LogP contribution < -0.4 is 0 Å². The van der Waals surface area contributed by atoms with Crippen molar-refractivity contribution in [3.05, 3.63) is 34.9 Å². The normalized spacial score (nSPS) is 9.21. The molecule has 1 aromatic rings. The number of esters is 1. The van der Waals surface area contributed by atoms with Crippen molar-refractivity contribution in [3.8, 4) is 6.07 Å². The van der Waals surface area contributed by atoms with E-state index in [-0.39, 0.29) is 16.7 Å². The average molecular weight is 193 g/mol. The lowest BCUT2D eigenvalue weighted by molar-refractivity contribution is 0.0600. The van der Waals surface area contributed by atoms with Gasteiger partial charge in [0, 0.05) is 5.56 Å². The molecule has 72 valence electrons. The molecule has 0 fully saturated rings. The molecule has 0 unspecified atom stereocenters. The number of ether oxygens (including phenoxy) is 1. The molecule has 0 spiro atoms. The van der Waals surface area contributed by atoms with E-state index in [2.05, 4.69) is 4.74 Å². The zero-order valence-electron chi connectivity index (χ0n) is 7.58. The minimum atomic E-state index is -0.770. The van der Waals surface area contributed by atoms with Crippen molar-refractivity contribution in [2.45, 2.75) is 6.67 Å². The van der Waals surface area contributed by atoms with Crippen LogP contribution in [0.3, 0.4) is 0 Å². The third kappa shape index (κ3) is 1.72. The highest BCUT2D eigenvalue weighted by molar-refractivity contribution is 5.92. The predicted molar refractivity (Wildman–Crippen MR) is 47.3 cm³/mol. The molecule has 3 nitrogen and oxygen atoms in total. The predicted octanol–water partition coefficient (Wildman–Crippen LogP) is 1.81. The fourth-order valence-electron chi connectivity index (χ4n) is 1.12. The molecule has 0 radical (unpaired) electrons. The third-order valence-electron chi connectivity index (χ3n) is 1.81. The monoisotopic (exact) mass is 193 g/mol. The lowest BCUT2D eigenvalue weighted by Gasteiger charge is -2.04. The van der Waals surface area contributed by atoms with E-state index in [1.165, 1.54) is 25.3 Å². The maximum absolute atomic E-state index is 12.4. The number of nitrogens with zero attached hydrogens (tertiary/aromatic N) is 1. The van der Waals surface area contributed by atoms with Gasteiger partial charge in [0.2, 0.25) is 0 Å². The van der Waals surface area contributed by atoms with Gasteiger partial charge in [0.25, 0.3) is 0 Å². The van der Waals surface area contributed by atoms with Crippen molar-refractivity contribution in [2.24, 2.45) is 0 Å². The number of alkyl halides is 1. The van der Waals surface area contributed by atoms with E-state index in [4.69, 9.17) is 5.26 Å². The Morgan fingerprint density at radius 3 is 2.86 bits per heavy atom. The Morgan fingerprint density at radius 2 is 2.36 bits per heavy atom. The number of rotatable bonds is 2. The van der Waals surface area contributed by atoms with Gasteiger partial charge < -0.3 is 4.74 Å². The molecule has 0 saturated carbocycles. The molecule has 1 aromatic carbocycles. The Morgan fingerprint density at radius 1 is 1.64 bits per heavy atom. The molecule has 0 aliphatic rings. The first-order valence-corrected chi connectivity index (χ1v) is 3.90. The van der Waals surface area contributed by atoms with Gasteiger partial charge in [0.1, 0.15) is 12.7 Å². The molecule has 0 saturated heterocycles. The number of carbonyl (C=O) groups is 1. The van der Waals surface area contributed by atoms with Crippen LogP contribution >= 0.6 is 0 Å². The molecule has 0 aromatic heterocycles. The zero-order chi connectivity index (χ0) is 10.6. The molecule has 0 N–H and O–H groups in total. The summed E-state index contributed by atoms with van der Waals surface area (Å²) in [5, 5.41) is 8.75. The molecule has 4 heteroatoms. The van der Waals surface area contributed by atoms with Gasteiger partial charge in [-0.15, -0.1) is 0 Å². The van der Waals surface area contributed by atoms with Gasteiger partial charge >= 0.3 is 5.97 Å². The van der Waals surface area contributed by atoms with Crippen molar-refractivity contribution in [3.63, 3.8) is 0 Å². The first-order chi connectivity index (χ1) is 6.74. The summed E-state index contributed by atoms with van der Waals surface area (Å²) in [6.45, 7) is -0.770. The van der Waals surface area contributed by atoms with E-state index < -0.39 is 12.6 Å². The maximum Gasteiger partial charge on any atom is 0.339 e. The Bertz CT molecular complexity index is 396. The van der Waals surface area contributed by atoms with Crippen LogP contribution in [0.2, 0.25) is 0 Å². The maximum atomic E-state index is 12.4. The van der Waals surface area contributed by atoms with Gasteiger partial charge in [-0.3, -0.25) is 0 Å². The first-order valence-electron chi connectivity index (χ1n) is 3.90. The van der Waals surface area contributed by atoms with Crippen LogP contribution in [0.4, 0.5) is 4.39 Å². The number of hydrogen-bond acceptors (Lipinski definition) is 3. The molecule has 0 amide bonds. The highest BCUT2D eigenvalue weighted by Crippen LogP contribution is 2.15. The van der Waals surface area contributed by atoms with Gasteiger partial charge in [-0.05, 0) is 6.07 Å². The standard InChI is InChI=1S/C10H8FNO2/c1-14-10(13)8-4-2-3-7(5-11)9(8)6-12/h2-4H,5H2,1H3. The fourth-order valence-corrected chi connectivity index (χ4v) is 1.12. The summed E-state index contributed by atoms with van der Waals surface area (Å²) in [7, 11) is 1.21. The van der Waals surface area contributed by atoms with Crippen molar-refractivity contribution in [1.29, 1.82) is 5.26 Å². The Balaban J connectivity index is 3.31. The van der Waals surface area contributed by atoms with Gasteiger partial charge in [-0.2, -0.15) is 5.26 Å². The molecular weight excluding hydrogens is 185 g/mol. The molecule has 0 aliphatic carbocycles. The number of methoxy groups -OCH3 is 1. The molecule has 14 heavy (non-hydrogen) atoms. The van der Waals surface area contributed by atoms with Gasteiger partial charge in [-0.25, -0.2) is 9.18 Å². The van der Waals surface area contributed by atoms with Crippen LogP contribution in [0, 0.1) is 11.3 Å². The third-order valence-corrected chi connectivity index (χ3v) is 1.81. The number of carbonyl (C=O) groups excluding carboxylic acids is 1. The van der Waals surface area contributed by atoms with Crippen LogP contribution in [0.15, 0.2) is 18.2 Å². The summed E-state index contributed by atoms with van der Waals surface area (Å²) in [5.41, 5.74) is 0.349. The number of benzene rings is 1. The molecular formula is C10H8FNO2. The average Bonchev–Trinajstić information content (AvgIpc) is 2.26. The van der Waals surface area contributed by atoms with Crippen LogP contribution in [0.25, 0.3) is 0 Å². The van der Waals surface area contributed by atoms with Crippen LogP contribution in [-0.2, 0) is 11.4 Å². The smallest absolute Gasteiger partial charge is 0.339 e. The van der Waals surface area contributed by atoms with Gasteiger partial charge in [-0.1, -0.05) is 12.1 Å². The van der Waals surface area contributed by atoms with Crippen LogP contribution in [0.5, 0.6) is 0 Å². The van der Waals surface area contributed by atoms with Crippen molar-refractivity contribution in [1.82, 2.24) is 0 Å². The summed E-state index contributed by atoms with van der Waals surface area (Å²) >= 11 is 0. The topological polar surface area (TPSA) is 50.1 Å². The SMILES string of the molecule is COC(=O)c1cccc(CF)c1C#N. The minimum absolute atomic E-state index is 0.0434. The summed E-state index contributed by atoms with van der Waals surface area (Å²) in [4.78, 5) is 11.2. The Hall–Kier alpha value is -1.89. The van der Waals surface area contributed by atoms with Crippen molar-refractivity contribution >= 4 is 5.97 Å².